The van der Waals surface area contributed by atoms with Gasteiger partial charge in [0.2, 0.25) is 0 Å². The molecule has 0 aliphatic heterocycles. The second kappa shape index (κ2) is 5.31. The summed E-state index contributed by atoms with van der Waals surface area (Å²) in [6.45, 7) is 7.90. The number of rotatable bonds is 2. The van der Waals surface area contributed by atoms with Crippen LogP contribution in [-0.4, -0.2) is 17.0 Å². The fraction of sp³-hybridized carbons (Fsp3) is 0.375. The number of nitrogen functional groups attached to an aromatic ring is 1. The molecule has 0 fully saturated rings. The lowest BCUT2D eigenvalue weighted by Crippen LogP contribution is -2.22. The summed E-state index contributed by atoms with van der Waals surface area (Å²) in [5, 5.41) is 0. The van der Waals surface area contributed by atoms with Gasteiger partial charge in [0.25, 0.3) is 0 Å². The van der Waals surface area contributed by atoms with Crippen LogP contribution < -0.4 is 10.6 Å². The largest absolute Gasteiger partial charge is 0.383 e. The predicted octanol–water partition coefficient (Wildman–Crippen LogP) is 3.57. The van der Waals surface area contributed by atoms with Crippen LogP contribution in [0.1, 0.15) is 32.2 Å². The van der Waals surface area contributed by atoms with Crippen LogP contribution in [-0.2, 0) is 5.41 Å². The highest BCUT2D eigenvalue weighted by Gasteiger charge is 2.22. The third kappa shape index (κ3) is 2.96. The van der Waals surface area contributed by atoms with Gasteiger partial charge in [-0.1, -0.05) is 32.9 Å². The van der Waals surface area contributed by atoms with E-state index < -0.39 is 0 Å². The lowest BCUT2D eigenvalue weighted by Gasteiger charge is -2.25. The Labute approximate surface area is 124 Å². The first-order valence-corrected chi connectivity index (χ1v) is 6.84. The van der Waals surface area contributed by atoms with E-state index in [-0.39, 0.29) is 11.2 Å². The number of hydrogen-bond acceptors (Lipinski definition) is 4. The van der Waals surface area contributed by atoms with Gasteiger partial charge in [0.05, 0.1) is 5.69 Å². The average molecular weight is 288 g/mol. The van der Waals surface area contributed by atoms with Gasteiger partial charge in [0, 0.05) is 18.0 Å². The van der Waals surface area contributed by atoms with Crippen molar-refractivity contribution in [2.75, 3.05) is 17.7 Å². The minimum Gasteiger partial charge on any atom is -0.383 e. The van der Waals surface area contributed by atoms with E-state index in [0.29, 0.717) is 23.1 Å². The van der Waals surface area contributed by atoms with E-state index in [0.717, 1.165) is 5.56 Å². The maximum absolute atomic E-state index is 14.0. The van der Waals surface area contributed by atoms with Crippen LogP contribution in [0, 0.1) is 12.7 Å². The molecule has 0 radical (unpaired) electrons. The van der Waals surface area contributed by atoms with Crippen LogP contribution in [0.3, 0.4) is 0 Å². The minimum absolute atomic E-state index is 0.230. The highest BCUT2D eigenvalue weighted by Crippen LogP contribution is 2.31. The zero-order chi connectivity index (χ0) is 15.8. The second-order valence-corrected chi connectivity index (χ2v) is 6.14. The molecule has 1 aromatic heterocycles. The first-order valence-electron chi connectivity index (χ1n) is 6.84. The van der Waals surface area contributed by atoms with Gasteiger partial charge in [-0.2, -0.15) is 0 Å². The molecule has 1 heterocycles. The standard InChI is InChI=1S/C16H21FN4/c1-10-13(18)19-15(16(2,3)4)20-14(10)21(5)12-9-7-6-8-11(12)17/h6-9H,1-5H3,(H2,18,19,20). The highest BCUT2D eigenvalue weighted by molar-refractivity contribution is 5.66. The Kier molecular flexibility index (Phi) is 3.85. The smallest absolute Gasteiger partial charge is 0.146 e. The van der Waals surface area contributed by atoms with Crippen molar-refractivity contribution in [3.8, 4) is 0 Å². The molecule has 2 N–H and O–H groups in total. The third-order valence-corrected chi connectivity index (χ3v) is 3.36. The maximum atomic E-state index is 14.0. The summed E-state index contributed by atoms with van der Waals surface area (Å²) in [5.41, 5.74) is 6.97. The molecule has 0 atom stereocenters. The van der Waals surface area contributed by atoms with Crippen LogP contribution in [0.5, 0.6) is 0 Å². The molecular formula is C16H21FN4. The number of benzene rings is 1. The van der Waals surface area contributed by atoms with E-state index in [1.54, 1.807) is 30.1 Å². The number of aromatic nitrogens is 2. The Morgan fingerprint density at radius 2 is 1.76 bits per heavy atom. The van der Waals surface area contributed by atoms with Gasteiger partial charge in [0.15, 0.2) is 0 Å². The number of anilines is 3. The van der Waals surface area contributed by atoms with Crippen LogP contribution >= 0.6 is 0 Å². The number of halogens is 1. The molecule has 0 saturated heterocycles. The van der Waals surface area contributed by atoms with Crippen molar-refractivity contribution in [1.82, 2.24) is 9.97 Å². The van der Waals surface area contributed by atoms with Crippen LogP contribution in [0.25, 0.3) is 0 Å². The van der Waals surface area contributed by atoms with Gasteiger partial charge in [-0.25, -0.2) is 14.4 Å². The zero-order valence-electron chi connectivity index (χ0n) is 13.1. The van der Waals surface area contributed by atoms with E-state index in [9.17, 15) is 4.39 Å². The minimum atomic E-state index is -0.297. The van der Waals surface area contributed by atoms with Gasteiger partial charge in [0.1, 0.15) is 23.3 Å². The Bertz CT molecular complexity index is 662. The lowest BCUT2D eigenvalue weighted by atomic mass is 9.95. The predicted molar refractivity (Wildman–Crippen MR) is 84.3 cm³/mol. The molecule has 21 heavy (non-hydrogen) atoms. The quantitative estimate of drug-likeness (QED) is 0.917. The fourth-order valence-corrected chi connectivity index (χ4v) is 2.02. The molecular weight excluding hydrogens is 267 g/mol. The van der Waals surface area contributed by atoms with Gasteiger partial charge in [-0.15, -0.1) is 0 Å². The van der Waals surface area contributed by atoms with E-state index in [4.69, 9.17) is 5.73 Å². The summed E-state index contributed by atoms with van der Waals surface area (Å²) >= 11 is 0. The lowest BCUT2D eigenvalue weighted by molar-refractivity contribution is 0.545. The molecule has 2 rings (SSSR count). The second-order valence-electron chi connectivity index (χ2n) is 6.14. The average Bonchev–Trinajstić information content (AvgIpc) is 2.40. The Morgan fingerprint density at radius 3 is 2.33 bits per heavy atom. The molecule has 0 spiro atoms. The number of hydrogen-bond donors (Lipinski definition) is 1. The number of nitrogens with two attached hydrogens (primary N) is 1. The highest BCUT2D eigenvalue weighted by atomic mass is 19.1. The maximum Gasteiger partial charge on any atom is 0.146 e. The SMILES string of the molecule is Cc1c(N)nc(C(C)(C)C)nc1N(C)c1ccccc1F. The van der Waals surface area contributed by atoms with E-state index in [1.165, 1.54) is 6.07 Å². The van der Waals surface area contributed by atoms with Crippen LogP contribution in [0.2, 0.25) is 0 Å². The Morgan fingerprint density at radius 1 is 1.14 bits per heavy atom. The molecule has 0 saturated carbocycles. The van der Waals surface area contributed by atoms with E-state index in [2.05, 4.69) is 9.97 Å². The molecule has 0 amide bonds. The topological polar surface area (TPSA) is 55.0 Å². The molecule has 0 aliphatic rings. The molecule has 0 bridgehead atoms. The first kappa shape index (κ1) is 15.2. The van der Waals surface area contributed by atoms with Crippen molar-refractivity contribution in [2.45, 2.75) is 33.1 Å². The summed E-state index contributed by atoms with van der Waals surface area (Å²) in [4.78, 5) is 10.6. The van der Waals surface area contributed by atoms with Crippen molar-refractivity contribution in [1.29, 1.82) is 0 Å². The van der Waals surface area contributed by atoms with Crippen molar-refractivity contribution in [2.24, 2.45) is 0 Å². The summed E-state index contributed by atoms with van der Waals surface area (Å²) in [6, 6.07) is 6.59. The first-order chi connectivity index (χ1) is 9.71. The summed E-state index contributed by atoms with van der Waals surface area (Å²) < 4.78 is 14.0. The zero-order valence-corrected chi connectivity index (χ0v) is 13.1. The molecule has 4 nitrogen and oxygen atoms in total. The number of para-hydroxylation sites is 1. The van der Waals surface area contributed by atoms with Crippen molar-refractivity contribution >= 4 is 17.3 Å². The Hall–Kier alpha value is -2.17. The van der Waals surface area contributed by atoms with Gasteiger partial charge >= 0.3 is 0 Å². The molecule has 5 heteroatoms. The third-order valence-electron chi connectivity index (χ3n) is 3.36. The summed E-state index contributed by atoms with van der Waals surface area (Å²) in [5.74, 6) is 1.39. The van der Waals surface area contributed by atoms with Crippen LogP contribution in [0.15, 0.2) is 24.3 Å². The molecule has 0 aliphatic carbocycles. The molecule has 112 valence electrons. The number of nitrogens with zero attached hydrogens (tertiary/aromatic N) is 3. The Balaban J connectivity index is 2.58. The molecule has 2 aromatic rings. The normalized spacial score (nSPS) is 11.5. The van der Waals surface area contributed by atoms with E-state index >= 15 is 0 Å². The van der Waals surface area contributed by atoms with Crippen molar-refractivity contribution < 1.29 is 4.39 Å². The van der Waals surface area contributed by atoms with Crippen molar-refractivity contribution in [3.63, 3.8) is 0 Å². The molecule has 1 aromatic carbocycles. The monoisotopic (exact) mass is 288 g/mol. The summed E-state index contributed by atoms with van der Waals surface area (Å²) in [7, 11) is 1.78. The van der Waals surface area contributed by atoms with E-state index in [1.807, 2.05) is 27.7 Å². The molecule has 0 unspecified atom stereocenters. The van der Waals surface area contributed by atoms with Gasteiger partial charge in [-0.05, 0) is 19.1 Å². The van der Waals surface area contributed by atoms with Gasteiger partial charge in [-0.3, -0.25) is 0 Å². The fourth-order valence-electron chi connectivity index (χ4n) is 2.02. The van der Waals surface area contributed by atoms with Gasteiger partial charge < -0.3 is 10.6 Å². The van der Waals surface area contributed by atoms with Crippen molar-refractivity contribution in [3.05, 3.63) is 41.5 Å². The van der Waals surface area contributed by atoms with Crippen LogP contribution in [0.4, 0.5) is 21.7 Å². The summed E-state index contributed by atoms with van der Waals surface area (Å²) in [6.07, 6.45) is 0.